The first-order valence-electron chi connectivity index (χ1n) is 4.57. The van der Waals surface area contributed by atoms with Crippen LogP contribution in [0.1, 0.15) is 5.56 Å². The molecule has 1 aliphatic heterocycles. The Morgan fingerprint density at radius 2 is 2.57 bits per heavy atom. The molecule has 0 saturated carbocycles. The van der Waals surface area contributed by atoms with Crippen molar-refractivity contribution in [2.45, 2.75) is 6.42 Å². The van der Waals surface area contributed by atoms with Gasteiger partial charge in [-0.05, 0) is 18.1 Å². The minimum Gasteiger partial charge on any atom is -0.469 e. The number of carbonyl (C=O) groups is 1. The Hall–Kier alpha value is -1.58. The number of rotatable bonds is 1. The summed E-state index contributed by atoms with van der Waals surface area (Å²) in [5, 5.41) is 3.12. The molecule has 0 saturated heterocycles. The van der Waals surface area contributed by atoms with E-state index < -0.39 is 0 Å². The molecule has 74 valence electrons. The number of carbonyl (C=O) groups excluding carboxylic acids is 1. The van der Waals surface area contributed by atoms with Crippen LogP contribution in [0, 0.1) is 5.92 Å². The molecular weight excluding hydrogens is 180 g/mol. The lowest BCUT2D eigenvalue weighted by Gasteiger charge is -2.22. The molecule has 4 heteroatoms. The van der Waals surface area contributed by atoms with Gasteiger partial charge in [-0.2, -0.15) is 0 Å². The quantitative estimate of drug-likeness (QED) is 0.670. The number of fused-ring (bicyclic) bond motifs is 1. The first-order chi connectivity index (χ1) is 6.81. The Balaban J connectivity index is 2.17. The fourth-order valence-electron chi connectivity index (χ4n) is 1.65. The van der Waals surface area contributed by atoms with Crippen LogP contribution in [0.15, 0.2) is 18.3 Å². The fourth-order valence-corrected chi connectivity index (χ4v) is 1.65. The molecule has 2 rings (SSSR count). The lowest BCUT2D eigenvalue weighted by Crippen LogP contribution is -2.30. The molecule has 1 atom stereocenters. The number of methoxy groups -OCH3 is 1. The van der Waals surface area contributed by atoms with Crippen LogP contribution in [-0.4, -0.2) is 24.6 Å². The van der Waals surface area contributed by atoms with Crippen molar-refractivity contribution < 1.29 is 9.53 Å². The van der Waals surface area contributed by atoms with Crippen molar-refractivity contribution >= 4 is 11.8 Å². The van der Waals surface area contributed by atoms with Crippen molar-refractivity contribution in [2.75, 3.05) is 19.0 Å². The van der Waals surface area contributed by atoms with Gasteiger partial charge in [-0.1, -0.05) is 6.07 Å². The number of anilines is 1. The fraction of sp³-hybridized carbons (Fsp3) is 0.400. The standard InChI is InChI=1S/C10H12N2O2/c1-14-10(13)8-5-7-3-2-4-11-9(7)12-6-8/h2-4,8H,5-6H2,1H3,(H,11,12). The molecule has 0 bridgehead atoms. The van der Waals surface area contributed by atoms with Gasteiger partial charge in [-0.25, -0.2) is 4.98 Å². The number of pyridine rings is 1. The minimum absolute atomic E-state index is 0.0864. The molecule has 4 nitrogen and oxygen atoms in total. The second kappa shape index (κ2) is 3.65. The van der Waals surface area contributed by atoms with Gasteiger partial charge >= 0.3 is 5.97 Å². The third-order valence-corrected chi connectivity index (χ3v) is 2.41. The molecule has 14 heavy (non-hydrogen) atoms. The summed E-state index contributed by atoms with van der Waals surface area (Å²) in [5.74, 6) is 0.636. The Morgan fingerprint density at radius 3 is 3.36 bits per heavy atom. The van der Waals surface area contributed by atoms with Crippen LogP contribution < -0.4 is 5.32 Å². The van der Waals surface area contributed by atoms with Crippen molar-refractivity contribution in [3.63, 3.8) is 0 Å². The summed E-state index contributed by atoms with van der Waals surface area (Å²) in [5.41, 5.74) is 1.08. The van der Waals surface area contributed by atoms with E-state index in [1.165, 1.54) is 7.11 Å². The molecule has 1 aliphatic rings. The highest BCUT2D eigenvalue weighted by atomic mass is 16.5. The number of hydrogen-bond acceptors (Lipinski definition) is 4. The molecule has 0 fully saturated rings. The summed E-state index contributed by atoms with van der Waals surface area (Å²) in [6.45, 7) is 0.608. The molecule has 0 aromatic carbocycles. The summed E-state index contributed by atoms with van der Waals surface area (Å²) in [4.78, 5) is 15.5. The van der Waals surface area contributed by atoms with Gasteiger partial charge in [0.05, 0.1) is 13.0 Å². The van der Waals surface area contributed by atoms with E-state index >= 15 is 0 Å². The van der Waals surface area contributed by atoms with Gasteiger partial charge in [-0.3, -0.25) is 4.79 Å². The highest BCUT2D eigenvalue weighted by Crippen LogP contribution is 2.22. The summed E-state index contributed by atoms with van der Waals surface area (Å²) in [6.07, 6.45) is 2.45. The topological polar surface area (TPSA) is 51.2 Å². The van der Waals surface area contributed by atoms with Crippen molar-refractivity contribution in [3.05, 3.63) is 23.9 Å². The van der Waals surface area contributed by atoms with Crippen LogP contribution >= 0.6 is 0 Å². The number of nitrogens with zero attached hydrogens (tertiary/aromatic N) is 1. The van der Waals surface area contributed by atoms with Crippen LogP contribution in [0.3, 0.4) is 0 Å². The average Bonchev–Trinajstić information content (AvgIpc) is 2.27. The SMILES string of the molecule is COC(=O)C1CNc2ncccc2C1. The lowest BCUT2D eigenvalue weighted by molar-refractivity contribution is -0.145. The van der Waals surface area contributed by atoms with Gasteiger partial charge in [0.25, 0.3) is 0 Å². The molecule has 1 aromatic rings. The number of hydrogen-bond donors (Lipinski definition) is 1. The number of nitrogens with one attached hydrogen (secondary N) is 1. The third-order valence-electron chi connectivity index (χ3n) is 2.41. The Bertz CT molecular complexity index is 352. The second-order valence-corrected chi connectivity index (χ2v) is 3.32. The Morgan fingerprint density at radius 1 is 1.71 bits per heavy atom. The third kappa shape index (κ3) is 1.55. The summed E-state index contributed by atoms with van der Waals surface area (Å²) in [6, 6.07) is 3.85. The normalized spacial score (nSPS) is 19.4. The Kier molecular flexibility index (Phi) is 2.35. The van der Waals surface area contributed by atoms with Crippen LogP contribution in [0.4, 0.5) is 5.82 Å². The lowest BCUT2D eigenvalue weighted by atomic mass is 9.96. The maximum atomic E-state index is 11.3. The molecule has 0 radical (unpaired) electrons. The molecule has 0 amide bonds. The van der Waals surface area contributed by atoms with Gasteiger partial charge in [-0.15, -0.1) is 0 Å². The monoisotopic (exact) mass is 192 g/mol. The van der Waals surface area contributed by atoms with E-state index in [1.807, 2.05) is 12.1 Å². The predicted octanol–water partition coefficient (Wildman–Crippen LogP) is 0.839. The molecule has 1 N–H and O–H groups in total. The summed E-state index contributed by atoms with van der Waals surface area (Å²) < 4.78 is 4.71. The average molecular weight is 192 g/mol. The van der Waals surface area contributed by atoms with E-state index in [9.17, 15) is 4.79 Å². The van der Waals surface area contributed by atoms with E-state index in [0.29, 0.717) is 13.0 Å². The van der Waals surface area contributed by atoms with Crippen LogP contribution in [0.5, 0.6) is 0 Å². The first kappa shape index (κ1) is 8.99. The molecule has 0 spiro atoms. The zero-order chi connectivity index (χ0) is 9.97. The molecule has 0 aliphatic carbocycles. The van der Waals surface area contributed by atoms with E-state index in [1.54, 1.807) is 6.20 Å². The minimum atomic E-state index is -0.160. The van der Waals surface area contributed by atoms with Crippen molar-refractivity contribution in [2.24, 2.45) is 5.92 Å². The highest BCUT2D eigenvalue weighted by Gasteiger charge is 2.25. The van der Waals surface area contributed by atoms with Crippen LogP contribution in [0.25, 0.3) is 0 Å². The summed E-state index contributed by atoms with van der Waals surface area (Å²) >= 11 is 0. The number of esters is 1. The smallest absolute Gasteiger partial charge is 0.310 e. The van der Waals surface area contributed by atoms with E-state index in [4.69, 9.17) is 4.74 Å². The largest absolute Gasteiger partial charge is 0.469 e. The number of ether oxygens (including phenoxy) is 1. The maximum absolute atomic E-state index is 11.3. The maximum Gasteiger partial charge on any atom is 0.310 e. The molecule has 1 unspecified atom stereocenters. The van der Waals surface area contributed by atoms with Crippen LogP contribution in [-0.2, 0) is 16.0 Å². The Labute approximate surface area is 82.3 Å². The summed E-state index contributed by atoms with van der Waals surface area (Å²) in [7, 11) is 1.42. The predicted molar refractivity (Wildman–Crippen MR) is 51.9 cm³/mol. The molecule has 1 aromatic heterocycles. The van der Waals surface area contributed by atoms with Gasteiger partial charge in [0.2, 0.25) is 0 Å². The van der Waals surface area contributed by atoms with Gasteiger partial charge < -0.3 is 10.1 Å². The van der Waals surface area contributed by atoms with Crippen LogP contribution in [0.2, 0.25) is 0 Å². The zero-order valence-electron chi connectivity index (χ0n) is 7.99. The van der Waals surface area contributed by atoms with E-state index in [2.05, 4.69) is 10.3 Å². The van der Waals surface area contributed by atoms with Crippen molar-refractivity contribution in [1.82, 2.24) is 4.98 Å². The van der Waals surface area contributed by atoms with Gasteiger partial charge in [0.1, 0.15) is 5.82 Å². The highest BCUT2D eigenvalue weighted by molar-refractivity contribution is 5.74. The van der Waals surface area contributed by atoms with Crippen molar-refractivity contribution in [3.8, 4) is 0 Å². The second-order valence-electron chi connectivity index (χ2n) is 3.32. The first-order valence-corrected chi connectivity index (χ1v) is 4.57. The van der Waals surface area contributed by atoms with Crippen molar-refractivity contribution in [1.29, 1.82) is 0 Å². The molecule has 2 heterocycles. The van der Waals surface area contributed by atoms with E-state index in [-0.39, 0.29) is 11.9 Å². The van der Waals surface area contributed by atoms with E-state index in [0.717, 1.165) is 11.4 Å². The van der Waals surface area contributed by atoms with Gasteiger partial charge in [0.15, 0.2) is 0 Å². The zero-order valence-corrected chi connectivity index (χ0v) is 7.99. The number of aromatic nitrogens is 1. The molecular formula is C10H12N2O2. The van der Waals surface area contributed by atoms with Gasteiger partial charge in [0, 0.05) is 12.7 Å².